The van der Waals surface area contributed by atoms with Gasteiger partial charge in [-0.2, -0.15) is 0 Å². The number of fused-ring (bicyclic) bond motifs is 1. The maximum atomic E-state index is 12.5. The summed E-state index contributed by atoms with van der Waals surface area (Å²) in [6.07, 6.45) is 1.98. The van der Waals surface area contributed by atoms with Gasteiger partial charge >= 0.3 is 5.97 Å². The van der Waals surface area contributed by atoms with Crippen molar-refractivity contribution < 1.29 is 19.4 Å². The van der Waals surface area contributed by atoms with E-state index in [9.17, 15) is 14.7 Å². The number of carboxylic acids is 1. The normalized spacial score (nSPS) is 12.1. The summed E-state index contributed by atoms with van der Waals surface area (Å²) in [6.45, 7) is 4.71. The van der Waals surface area contributed by atoms with Crippen LogP contribution < -0.4 is 10.1 Å². The molecule has 28 heavy (non-hydrogen) atoms. The molecule has 1 aromatic heterocycles. The molecule has 146 valence electrons. The number of para-hydroxylation sites is 1. The van der Waals surface area contributed by atoms with Gasteiger partial charge in [0.25, 0.3) is 5.91 Å². The summed E-state index contributed by atoms with van der Waals surface area (Å²) in [5.74, 6) is -0.416. The lowest BCUT2D eigenvalue weighted by molar-refractivity contribution is -0.139. The molecule has 3 N–H and O–H groups in total. The first-order chi connectivity index (χ1) is 13.4. The van der Waals surface area contributed by atoms with Gasteiger partial charge < -0.3 is 20.1 Å². The van der Waals surface area contributed by atoms with Crippen LogP contribution in [0.4, 0.5) is 0 Å². The molecular formula is C22H24N2O4. The molecule has 0 radical (unpaired) electrons. The number of aromatic nitrogens is 1. The van der Waals surface area contributed by atoms with Gasteiger partial charge in [-0.25, -0.2) is 4.79 Å². The van der Waals surface area contributed by atoms with Crippen molar-refractivity contribution in [3.63, 3.8) is 0 Å². The number of aliphatic carboxylic acids is 1. The molecular weight excluding hydrogens is 356 g/mol. The third-order valence-corrected chi connectivity index (χ3v) is 4.40. The summed E-state index contributed by atoms with van der Waals surface area (Å²) in [4.78, 5) is 27.3. The van der Waals surface area contributed by atoms with Crippen molar-refractivity contribution in [1.29, 1.82) is 0 Å². The molecule has 1 atom stereocenters. The van der Waals surface area contributed by atoms with E-state index in [1.54, 1.807) is 30.5 Å². The Morgan fingerprint density at radius 3 is 2.50 bits per heavy atom. The highest BCUT2D eigenvalue weighted by atomic mass is 16.5. The number of ether oxygens (including phenoxy) is 1. The van der Waals surface area contributed by atoms with E-state index in [2.05, 4.69) is 24.1 Å². The minimum atomic E-state index is -1.07. The number of aromatic amines is 1. The highest BCUT2D eigenvalue weighted by Crippen LogP contribution is 2.19. The molecule has 0 fully saturated rings. The maximum absolute atomic E-state index is 12.5. The Morgan fingerprint density at radius 2 is 1.82 bits per heavy atom. The SMILES string of the molecule is CC(C)COc1ccc(C(=O)N[C@@H](Cc2c[nH]c3ccccc23)C(=O)O)cc1. The van der Waals surface area contributed by atoms with Crippen LogP contribution in [-0.2, 0) is 11.2 Å². The molecule has 0 bridgehead atoms. The van der Waals surface area contributed by atoms with Gasteiger partial charge in [-0.05, 0) is 41.8 Å². The molecule has 0 saturated carbocycles. The van der Waals surface area contributed by atoms with Crippen LogP contribution in [0.1, 0.15) is 29.8 Å². The molecule has 3 aromatic rings. The highest BCUT2D eigenvalue weighted by Gasteiger charge is 2.22. The molecule has 3 rings (SSSR count). The number of carbonyl (C=O) groups is 2. The predicted molar refractivity (Wildman–Crippen MR) is 108 cm³/mol. The first-order valence-electron chi connectivity index (χ1n) is 9.25. The fraction of sp³-hybridized carbons (Fsp3) is 0.273. The molecule has 0 unspecified atom stereocenters. The van der Waals surface area contributed by atoms with E-state index in [1.807, 2.05) is 24.3 Å². The number of hydrogen-bond acceptors (Lipinski definition) is 3. The van der Waals surface area contributed by atoms with E-state index in [1.165, 1.54) is 0 Å². The van der Waals surface area contributed by atoms with Gasteiger partial charge in [-0.3, -0.25) is 4.79 Å². The van der Waals surface area contributed by atoms with Gasteiger partial charge in [0.05, 0.1) is 6.61 Å². The number of nitrogens with one attached hydrogen (secondary N) is 2. The fourth-order valence-corrected chi connectivity index (χ4v) is 2.93. The molecule has 6 heteroatoms. The van der Waals surface area contributed by atoms with Crippen LogP contribution in [0.25, 0.3) is 10.9 Å². The highest BCUT2D eigenvalue weighted by molar-refractivity contribution is 5.97. The van der Waals surface area contributed by atoms with Crippen molar-refractivity contribution >= 4 is 22.8 Å². The minimum absolute atomic E-state index is 0.195. The quantitative estimate of drug-likeness (QED) is 0.556. The number of benzene rings is 2. The molecule has 6 nitrogen and oxygen atoms in total. The predicted octanol–water partition coefficient (Wildman–Crippen LogP) is 3.63. The Morgan fingerprint density at radius 1 is 1.11 bits per heavy atom. The second-order valence-corrected chi connectivity index (χ2v) is 7.16. The van der Waals surface area contributed by atoms with E-state index in [0.29, 0.717) is 23.8 Å². The first-order valence-corrected chi connectivity index (χ1v) is 9.25. The summed E-state index contributed by atoms with van der Waals surface area (Å²) in [5.41, 5.74) is 2.17. The largest absolute Gasteiger partial charge is 0.493 e. The van der Waals surface area contributed by atoms with Gasteiger partial charge in [0, 0.05) is 29.1 Å². The molecule has 0 aliphatic heterocycles. The molecule has 0 spiro atoms. The third-order valence-electron chi connectivity index (χ3n) is 4.40. The summed E-state index contributed by atoms with van der Waals surface area (Å²) in [7, 11) is 0. The van der Waals surface area contributed by atoms with Crippen LogP contribution in [0.3, 0.4) is 0 Å². The smallest absolute Gasteiger partial charge is 0.326 e. The van der Waals surface area contributed by atoms with E-state index < -0.39 is 17.9 Å². The number of carboxylic acid groups (broad SMARTS) is 1. The Labute approximate surface area is 163 Å². The average Bonchev–Trinajstić information content (AvgIpc) is 3.09. The molecule has 0 aliphatic carbocycles. The number of hydrogen-bond donors (Lipinski definition) is 3. The lowest BCUT2D eigenvalue weighted by atomic mass is 10.0. The van der Waals surface area contributed by atoms with E-state index in [-0.39, 0.29) is 6.42 Å². The maximum Gasteiger partial charge on any atom is 0.326 e. The number of amides is 1. The molecule has 0 aliphatic rings. The zero-order chi connectivity index (χ0) is 20.1. The van der Waals surface area contributed by atoms with Crippen molar-refractivity contribution in [3.05, 3.63) is 65.9 Å². The standard InChI is InChI=1S/C22H24N2O4/c1-14(2)13-28-17-9-7-15(8-10-17)21(25)24-20(22(26)27)11-16-12-23-19-6-4-3-5-18(16)19/h3-10,12,14,20,23H,11,13H2,1-2H3,(H,24,25)(H,26,27)/t20-/m0/s1. The van der Waals surface area contributed by atoms with Gasteiger partial charge in [0.1, 0.15) is 11.8 Å². The number of carbonyl (C=O) groups excluding carboxylic acids is 1. The van der Waals surface area contributed by atoms with Crippen molar-refractivity contribution in [2.45, 2.75) is 26.3 Å². The Balaban J connectivity index is 1.68. The van der Waals surface area contributed by atoms with Crippen molar-refractivity contribution in [2.75, 3.05) is 6.61 Å². The number of rotatable bonds is 8. The Bertz CT molecular complexity index is 960. The van der Waals surface area contributed by atoms with Crippen LogP contribution >= 0.6 is 0 Å². The monoisotopic (exact) mass is 380 g/mol. The summed E-state index contributed by atoms with van der Waals surface area (Å²) >= 11 is 0. The molecule has 1 heterocycles. The van der Waals surface area contributed by atoms with Crippen LogP contribution in [0.15, 0.2) is 54.7 Å². The second-order valence-electron chi connectivity index (χ2n) is 7.16. The topological polar surface area (TPSA) is 91.4 Å². The second kappa shape index (κ2) is 8.61. The molecule has 0 saturated heterocycles. The number of H-pyrrole nitrogens is 1. The van der Waals surface area contributed by atoms with Crippen LogP contribution in [-0.4, -0.2) is 34.6 Å². The zero-order valence-electron chi connectivity index (χ0n) is 15.9. The van der Waals surface area contributed by atoms with Crippen LogP contribution in [0.2, 0.25) is 0 Å². The van der Waals surface area contributed by atoms with Gasteiger partial charge in [-0.1, -0.05) is 32.0 Å². The van der Waals surface area contributed by atoms with E-state index in [4.69, 9.17) is 4.74 Å². The van der Waals surface area contributed by atoms with E-state index >= 15 is 0 Å². The minimum Gasteiger partial charge on any atom is -0.493 e. The summed E-state index contributed by atoms with van der Waals surface area (Å²) in [5, 5.41) is 13.1. The molecule has 1 amide bonds. The lowest BCUT2D eigenvalue weighted by Gasteiger charge is -2.15. The van der Waals surface area contributed by atoms with E-state index in [0.717, 1.165) is 16.5 Å². The van der Waals surface area contributed by atoms with Crippen LogP contribution in [0, 0.1) is 5.92 Å². The zero-order valence-corrected chi connectivity index (χ0v) is 15.9. The van der Waals surface area contributed by atoms with Crippen molar-refractivity contribution in [2.24, 2.45) is 5.92 Å². The fourth-order valence-electron chi connectivity index (χ4n) is 2.93. The van der Waals surface area contributed by atoms with Crippen LogP contribution in [0.5, 0.6) is 5.75 Å². The van der Waals surface area contributed by atoms with Gasteiger partial charge in [0.15, 0.2) is 0 Å². The third kappa shape index (κ3) is 4.71. The Hall–Kier alpha value is -3.28. The molecule has 2 aromatic carbocycles. The van der Waals surface area contributed by atoms with Gasteiger partial charge in [0.2, 0.25) is 0 Å². The van der Waals surface area contributed by atoms with Crippen molar-refractivity contribution in [1.82, 2.24) is 10.3 Å². The summed E-state index contributed by atoms with van der Waals surface area (Å²) in [6, 6.07) is 13.3. The van der Waals surface area contributed by atoms with Gasteiger partial charge in [-0.15, -0.1) is 0 Å². The Kier molecular flexibility index (Phi) is 5.99. The van der Waals surface area contributed by atoms with Crippen molar-refractivity contribution in [3.8, 4) is 5.75 Å². The average molecular weight is 380 g/mol. The lowest BCUT2D eigenvalue weighted by Crippen LogP contribution is -2.42. The summed E-state index contributed by atoms with van der Waals surface area (Å²) < 4.78 is 5.60. The first kappa shape index (κ1) is 19.5.